The summed E-state index contributed by atoms with van der Waals surface area (Å²) in [7, 11) is 0. The van der Waals surface area contributed by atoms with Crippen molar-refractivity contribution in [3.05, 3.63) is 12.1 Å². The van der Waals surface area contributed by atoms with Gasteiger partial charge in [0.05, 0.1) is 18.3 Å². The molecule has 0 N–H and O–H groups in total. The number of alkyl halides is 4. The van der Waals surface area contributed by atoms with Gasteiger partial charge in [-0.3, -0.25) is 4.79 Å². The van der Waals surface area contributed by atoms with Gasteiger partial charge < -0.3 is 14.2 Å². The first-order valence-corrected chi connectivity index (χ1v) is 10.6. The SMILES string of the molecule is O=C(C1CCC(F)(F)CC1)N1CC2CC1CN2c1ncc(-c2nnc(C(F)F)o2)s1. The largest absolute Gasteiger partial charge is 0.414 e. The zero-order valence-electron chi connectivity index (χ0n) is 15.8. The number of aromatic nitrogens is 3. The normalized spacial score (nSPS) is 26.2. The van der Waals surface area contributed by atoms with E-state index >= 15 is 0 Å². The molecule has 1 saturated carbocycles. The molecule has 2 atom stereocenters. The summed E-state index contributed by atoms with van der Waals surface area (Å²) in [5, 5.41) is 7.68. The van der Waals surface area contributed by atoms with Crippen LogP contribution in [-0.2, 0) is 4.79 Å². The molecule has 0 aromatic carbocycles. The van der Waals surface area contributed by atoms with Crippen molar-refractivity contribution in [3.8, 4) is 10.8 Å². The van der Waals surface area contributed by atoms with E-state index in [1.54, 1.807) is 0 Å². The van der Waals surface area contributed by atoms with Crippen molar-refractivity contribution in [1.82, 2.24) is 20.1 Å². The number of piperazine rings is 1. The maximum Gasteiger partial charge on any atom is 0.314 e. The minimum atomic E-state index is -2.83. The first-order valence-electron chi connectivity index (χ1n) is 9.83. The molecule has 2 aromatic rings. The van der Waals surface area contributed by atoms with E-state index in [0.29, 0.717) is 23.1 Å². The van der Waals surface area contributed by atoms with Crippen molar-refractivity contribution in [2.45, 2.75) is 56.5 Å². The number of fused-ring (bicyclic) bond motifs is 2. The molecule has 5 rings (SSSR count). The van der Waals surface area contributed by atoms with Crippen LogP contribution in [0.4, 0.5) is 22.7 Å². The lowest BCUT2D eigenvalue weighted by atomic mass is 9.85. The molecule has 2 saturated heterocycles. The highest BCUT2D eigenvalue weighted by molar-refractivity contribution is 7.18. The monoisotopic (exact) mass is 445 g/mol. The van der Waals surface area contributed by atoms with Crippen LogP contribution in [0.3, 0.4) is 0 Å². The van der Waals surface area contributed by atoms with E-state index < -0.39 is 18.2 Å². The van der Waals surface area contributed by atoms with Gasteiger partial charge in [0.25, 0.3) is 11.8 Å². The van der Waals surface area contributed by atoms with Gasteiger partial charge in [-0.1, -0.05) is 11.3 Å². The van der Waals surface area contributed by atoms with E-state index in [-0.39, 0.29) is 55.5 Å². The van der Waals surface area contributed by atoms with Gasteiger partial charge in [0.15, 0.2) is 5.13 Å². The van der Waals surface area contributed by atoms with Crippen LogP contribution in [0.2, 0.25) is 0 Å². The second kappa shape index (κ2) is 7.17. The third kappa shape index (κ3) is 3.44. The molecule has 2 aliphatic heterocycles. The summed E-state index contributed by atoms with van der Waals surface area (Å²) < 4.78 is 57.0. The Kier molecular flexibility index (Phi) is 4.71. The number of thiazole rings is 1. The van der Waals surface area contributed by atoms with E-state index in [4.69, 9.17) is 4.42 Å². The van der Waals surface area contributed by atoms with Crippen LogP contribution < -0.4 is 4.90 Å². The van der Waals surface area contributed by atoms with Crippen molar-refractivity contribution in [2.24, 2.45) is 5.92 Å². The summed E-state index contributed by atoms with van der Waals surface area (Å²) in [6.45, 7) is 1.15. The van der Waals surface area contributed by atoms with Gasteiger partial charge in [0.1, 0.15) is 4.88 Å². The fourth-order valence-corrected chi connectivity index (χ4v) is 5.53. The van der Waals surface area contributed by atoms with E-state index in [0.717, 1.165) is 6.42 Å². The molecule has 7 nitrogen and oxygen atoms in total. The summed E-state index contributed by atoms with van der Waals surface area (Å²) in [6.07, 6.45) is -0.468. The topological polar surface area (TPSA) is 75.4 Å². The number of hydrogen-bond acceptors (Lipinski definition) is 7. The van der Waals surface area contributed by atoms with Gasteiger partial charge in [0, 0.05) is 31.8 Å². The fourth-order valence-electron chi connectivity index (χ4n) is 4.61. The number of amides is 1. The number of carbonyl (C=O) groups excluding carboxylic acids is 1. The average molecular weight is 445 g/mol. The number of hydrogen-bond donors (Lipinski definition) is 0. The molecule has 2 aromatic heterocycles. The molecule has 4 heterocycles. The maximum atomic E-state index is 13.4. The molecule has 2 bridgehead atoms. The second-order valence-corrected chi connectivity index (χ2v) is 9.08. The molecule has 3 fully saturated rings. The Hall–Kier alpha value is -2.24. The van der Waals surface area contributed by atoms with Crippen molar-refractivity contribution in [2.75, 3.05) is 18.0 Å². The standard InChI is InChI=1S/C18H19F4N5O2S/c19-13(20)15-25-24-14(29-15)12-6-23-17(30-12)27-8-10-5-11(27)7-26(10)16(28)9-1-3-18(21,22)4-2-9/h6,9-11,13H,1-5,7-8H2. The van der Waals surface area contributed by atoms with Crippen molar-refractivity contribution in [3.63, 3.8) is 0 Å². The Morgan fingerprint density at radius 1 is 1.20 bits per heavy atom. The van der Waals surface area contributed by atoms with Crippen LogP contribution in [0, 0.1) is 5.92 Å². The summed E-state index contributed by atoms with van der Waals surface area (Å²) in [6, 6.07) is 0.133. The Balaban J connectivity index is 1.23. The molecule has 0 spiro atoms. The van der Waals surface area contributed by atoms with E-state index in [2.05, 4.69) is 20.1 Å². The second-order valence-electron chi connectivity index (χ2n) is 8.07. The molecule has 162 valence electrons. The highest BCUT2D eigenvalue weighted by Gasteiger charge is 2.48. The number of nitrogens with zero attached hydrogens (tertiary/aromatic N) is 5. The molecular formula is C18H19F4N5O2S. The molecule has 12 heteroatoms. The summed E-state index contributed by atoms with van der Waals surface area (Å²) in [5.74, 6) is -3.69. The average Bonchev–Trinajstić information content (AvgIpc) is 3.49. The predicted molar refractivity (Wildman–Crippen MR) is 98.5 cm³/mol. The third-order valence-electron chi connectivity index (χ3n) is 6.17. The van der Waals surface area contributed by atoms with Crippen LogP contribution in [0.15, 0.2) is 10.6 Å². The zero-order valence-corrected chi connectivity index (χ0v) is 16.6. The van der Waals surface area contributed by atoms with Crippen molar-refractivity contribution in [1.29, 1.82) is 0 Å². The Bertz CT molecular complexity index is 941. The number of halogens is 4. The smallest absolute Gasteiger partial charge is 0.314 e. The first kappa shape index (κ1) is 19.7. The summed E-state index contributed by atoms with van der Waals surface area (Å²) in [5.41, 5.74) is 0. The van der Waals surface area contributed by atoms with Gasteiger partial charge >= 0.3 is 6.43 Å². The third-order valence-corrected chi connectivity index (χ3v) is 7.19. The van der Waals surface area contributed by atoms with Gasteiger partial charge in [0.2, 0.25) is 11.8 Å². The first-order chi connectivity index (χ1) is 14.3. The molecular weight excluding hydrogens is 426 g/mol. The molecule has 1 aliphatic carbocycles. The molecule has 2 unspecified atom stereocenters. The predicted octanol–water partition coefficient (Wildman–Crippen LogP) is 3.75. The highest BCUT2D eigenvalue weighted by Crippen LogP contribution is 2.41. The summed E-state index contributed by atoms with van der Waals surface area (Å²) in [4.78, 5) is 21.7. The van der Waals surface area contributed by atoms with Crippen molar-refractivity contribution >= 4 is 22.4 Å². The number of carbonyl (C=O) groups is 1. The fraction of sp³-hybridized carbons (Fsp3) is 0.667. The quantitative estimate of drug-likeness (QED) is 0.668. The van der Waals surface area contributed by atoms with Gasteiger partial charge in [-0.25, -0.2) is 13.8 Å². The van der Waals surface area contributed by atoms with Crippen LogP contribution in [-0.4, -0.2) is 57.1 Å². The van der Waals surface area contributed by atoms with Crippen molar-refractivity contribution < 1.29 is 26.8 Å². The molecule has 3 aliphatic rings. The highest BCUT2D eigenvalue weighted by atomic mass is 32.1. The van der Waals surface area contributed by atoms with E-state index in [1.165, 1.54) is 17.5 Å². The van der Waals surface area contributed by atoms with Crippen LogP contribution in [0.1, 0.15) is 44.4 Å². The molecule has 1 amide bonds. The van der Waals surface area contributed by atoms with E-state index in [1.807, 2.05) is 4.90 Å². The summed E-state index contributed by atoms with van der Waals surface area (Å²) >= 11 is 1.27. The Morgan fingerprint density at radius 3 is 2.60 bits per heavy atom. The Morgan fingerprint density at radius 2 is 1.97 bits per heavy atom. The number of likely N-dealkylation sites (tertiary alicyclic amines) is 1. The lowest BCUT2D eigenvalue weighted by molar-refractivity contribution is -0.140. The molecule has 30 heavy (non-hydrogen) atoms. The number of anilines is 1. The van der Waals surface area contributed by atoms with Gasteiger partial charge in [-0.05, 0) is 19.3 Å². The van der Waals surface area contributed by atoms with Crippen LogP contribution in [0.5, 0.6) is 0 Å². The van der Waals surface area contributed by atoms with E-state index in [9.17, 15) is 22.4 Å². The zero-order chi connectivity index (χ0) is 21.0. The minimum absolute atomic E-state index is 0.00399. The Labute approximate surface area is 173 Å². The maximum absolute atomic E-state index is 13.4. The number of rotatable bonds is 4. The van der Waals surface area contributed by atoms with Gasteiger partial charge in [-0.2, -0.15) is 8.78 Å². The lowest BCUT2D eigenvalue weighted by Crippen LogP contribution is -2.51. The van der Waals surface area contributed by atoms with Crippen LogP contribution in [0.25, 0.3) is 10.8 Å². The van der Waals surface area contributed by atoms with Gasteiger partial charge in [-0.15, -0.1) is 10.2 Å². The minimum Gasteiger partial charge on any atom is -0.414 e. The lowest BCUT2D eigenvalue weighted by Gasteiger charge is -2.37. The van der Waals surface area contributed by atoms with Crippen LogP contribution >= 0.6 is 11.3 Å². The molecule has 0 radical (unpaired) electrons.